The van der Waals surface area contributed by atoms with Gasteiger partial charge in [0.1, 0.15) is 11.5 Å². The van der Waals surface area contributed by atoms with Crippen LogP contribution >= 0.6 is 0 Å². The molecule has 0 radical (unpaired) electrons. The Bertz CT molecular complexity index is 345. The summed E-state index contributed by atoms with van der Waals surface area (Å²) in [6.45, 7) is 0.305. The Labute approximate surface area is 81.2 Å². The molecule has 0 aliphatic heterocycles. The van der Waals surface area contributed by atoms with E-state index in [0.29, 0.717) is 36.5 Å². The van der Waals surface area contributed by atoms with E-state index in [9.17, 15) is 4.79 Å². The average molecular weight is 196 g/mol. The van der Waals surface area contributed by atoms with Crippen molar-refractivity contribution in [3.63, 3.8) is 0 Å². The summed E-state index contributed by atoms with van der Waals surface area (Å²) >= 11 is 0. The predicted octanol–water partition coefficient (Wildman–Crippen LogP) is 0.277. The van der Waals surface area contributed by atoms with Crippen LogP contribution in [0.4, 0.5) is 0 Å². The number of fused-ring (bicyclic) bond motifs is 1. The number of rotatable bonds is 2. The molecule has 0 saturated heterocycles. The Kier molecular flexibility index (Phi) is 2.35. The summed E-state index contributed by atoms with van der Waals surface area (Å²) in [4.78, 5) is 11.6. The van der Waals surface area contributed by atoms with Gasteiger partial charge in [0.05, 0.1) is 12.2 Å². The summed E-state index contributed by atoms with van der Waals surface area (Å²) < 4.78 is 9.97. The molecule has 2 rings (SSSR count). The highest BCUT2D eigenvalue weighted by molar-refractivity contribution is 5.99. The standard InChI is InChI=1S/C9H12N2O3/c1-13-4-6-9-7(12)2-5(10)3-8(9)14-11-6/h5H,2-4,10H2,1H3. The Morgan fingerprint density at radius 3 is 3.14 bits per heavy atom. The second-order valence-corrected chi connectivity index (χ2v) is 3.45. The van der Waals surface area contributed by atoms with E-state index in [1.807, 2.05) is 0 Å². The van der Waals surface area contributed by atoms with Crippen molar-refractivity contribution in [3.8, 4) is 0 Å². The maximum atomic E-state index is 11.6. The van der Waals surface area contributed by atoms with Gasteiger partial charge in [-0.15, -0.1) is 0 Å². The minimum absolute atomic E-state index is 0.00653. The molecule has 0 spiro atoms. The van der Waals surface area contributed by atoms with Crippen LogP contribution in [0.1, 0.15) is 28.2 Å². The lowest BCUT2D eigenvalue weighted by Gasteiger charge is -2.14. The van der Waals surface area contributed by atoms with Crippen LogP contribution in [-0.4, -0.2) is 24.1 Å². The Morgan fingerprint density at radius 2 is 2.43 bits per heavy atom. The number of carbonyl (C=O) groups excluding carboxylic acids is 1. The molecule has 0 aromatic carbocycles. The first-order valence-corrected chi connectivity index (χ1v) is 4.47. The number of aromatic nitrogens is 1. The molecule has 0 fully saturated rings. The monoisotopic (exact) mass is 196 g/mol. The molecule has 1 aliphatic carbocycles. The van der Waals surface area contributed by atoms with Crippen LogP contribution in [0.2, 0.25) is 0 Å². The number of nitrogens with two attached hydrogens (primary N) is 1. The van der Waals surface area contributed by atoms with E-state index in [2.05, 4.69) is 5.16 Å². The lowest BCUT2D eigenvalue weighted by molar-refractivity contribution is 0.0957. The molecule has 5 heteroatoms. The molecule has 76 valence electrons. The predicted molar refractivity (Wildman–Crippen MR) is 47.8 cm³/mol. The highest BCUT2D eigenvalue weighted by atomic mass is 16.5. The fourth-order valence-corrected chi connectivity index (χ4v) is 1.70. The van der Waals surface area contributed by atoms with E-state index < -0.39 is 0 Å². The third-order valence-electron chi connectivity index (χ3n) is 2.29. The Balaban J connectivity index is 2.36. The van der Waals surface area contributed by atoms with Crippen molar-refractivity contribution in [3.05, 3.63) is 17.0 Å². The molecule has 1 heterocycles. The van der Waals surface area contributed by atoms with Crippen molar-refractivity contribution in [2.75, 3.05) is 7.11 Å². The van der Waals surface area contributed by atoms with Crippen LogP contribution < -0.4 is 5.73 Å². The second kappa shape index (κ2) is 3.51. The highest BCUT2D eigenvalue weighted by Gasteiger charge is 2.29. The number of hydrogen-bond acceptors (Lipinski definition) is 5. The van der Waals surface area contributed by atoms with Gasteiger partial charge in [-0.3, -0.25) is 4.79 Å². The Hall–Kier alpha value is -1.20. The van der Waals surface area contributed by atoms with Gasteiger partial charge < -0.3 is 15.0 Å². The van der Waals surface area contributed by atoms with E-state index in [-0.39, 0.29) is 11.8 Å². The zero-order valence-corrected chi connectivity index (χ0v) is 7.95. The summed E-state index contributed by atoms with van der Waals surface area (Å²) in [5.74, 6) is 0.604. The second-order valence-electron chi connectivity index (χ2n) is 3.45. The molecular weight excluding hydrogens is 184 g/mol. The van der Waals surface area contributed by atoms with E-state index in [1.54, 1.807) is 7.11 Å². The minimum atomic E-state index is -0.140. The Morgan fingerprint density at radius 1 is 1.64 bits per heavy atom. The molecular formula is C9H12N2O3. The molecule has 0 amide bonds. The normalized spacial score (nSPS) is 21.0. The molecule has 0 saturated carbocycles. The van der Waals surface area contributed by atoms with Crippen LogP contribution in [0.5, 0.6) is 0 Å². The number of hydrogen-bond donors (Lipinski definition) is 1. The molecule has 1 aromatic heterocycles. The zero-order chi connectivity index (χ0) is 10.1. The first kappa shape index (κ1) is 9.36. The van der Waals surface area contributed by atoms with E-state index in [0.717, 1.165) is 0 Å². The van der Waals surface area contributed by atoms with Crippen molar-refractivity contribution >= 4 is 5.78 Å². The molecule has 0 bridgehead atoms. The molecule has 1 aliphatic rings. The van der Waals surface area contributed by atoms with E-state index in [4.69, 9.17) is 15.0 Å². The van der Waals surface area contributed by atoms with Crippen LogP contribution in [0, 0.1) is 0 Å². The van der Waals surface area contributed by atoms with E-state index in [1.165, 1.54) is 0 Å². The van der Waals surface area contributed by atoms with Gasteiger partial charge in [0.15, 0.2) is 5.78 Å². The van der Waals surface area contributed by atoms with Gasteiger partial charge in [-0.25, -0.2) is 0 Å². The summed E-state index contributed by atoms with van der Waals surface area (Å²) in [5.41, 5.74) is 6.84. The SMILES string of the molecule is COCc1noc2c1C(=O)CC(N)C2. The highest BCUT2D eigenvalue weighted by Crippen LogP contribution is 2.24. The maximum absolute atomic E-state index is 11.6. The maximum Gasteiger partial charge on any atom is 0.170 e. The molecule has 2 N–H and O–H groups in total. The van der Waals surface area contributed by atoms with Crippen molar-refractivity contribution in [2.24, 2.45) is 5.73 Å². The topological polar surface area (TPSA) is 78.4 Å². The summed E-state index contributed by atoms with van der Waals surface area (Å²) in [5, 5.41) is 3.80. The summed E-state index contributed by atoms with van der Waals surface area (Å²) in [6, 6.07) is -0.140. The van der Waals surface area contributed by atoms with Gasteiger partial charge in [0.2, 0.25) is 0 Å². The molecule has 5 nitrogen and oxygen atoms in total. The van der Waals surface area contributed by atoms with E-state index >= 15 is 0 Å². The summed E-state index contributed by atoms with van der Waals surface area (Å²) in [7, 11) is 1.56. The van der Waals surface area contributed by atoms with Gasteiger partial charge in [-0.2, -0.15) is 0 Å². The van der Waals surface area contributed by atoms with Crippen molar-refractivity contribution in [1.82, 2.24) is 5.16 Å². The third-order valence-corrected chi connectivity index (χ3v) is 2.29. The van der Waals surface area contributed by atoms with Crippen LogP contribution in [0.3, 0.4) is 0 Å². The number of carbonyl (C=O) groups is 1. The average Bonchev–Trinajstić information content (AvgIpc) is 2.49. The number of methoxy groups -OCH3 is 1. The third kappa shape index (κ3) is 1.44. The molecule has 1 aromatic rings. The molecule has 14 heavy (non-hydrogen) atoms. The van der Waals surface area contributed by atoms with Gasteiger partial charge in [-0.05, 0) is 0 Å². The zero-order valence-electron chi connectivity index (χ0n) is 7.95. The lowest BCUT2D eigenvalue weighted by Crippen LogP contribution is -2.31. The lowest BCUT2D eigenvalue weighted by atomic mass is 9.92. The number of Topliss-reactive ketones (excluding diaryl/α,β-unsaturated/α-hetero) is 1. The van der Waals surface area contributed by atoms with Crippen LogP contribution in [0.25, 0.3) is 0 Å². The fourth-order valence-electron chi connectivity index (χ4n) is 1.70. The number of nitrogens with zero attached hydrogens (tertiary/aromatic N) is 1. The smallest absolute Gasteiger partial charge is 0.170 e. The number of ketones is 1. The van der Waals surface area contributed by atoms with Gasteiger partial charge in [-0.1, -0.05) is 5.16 Å². The van der Waals surface area contributed by atoms with Crippen molar-refractivity contribution < 1.29 is 14.1 Å². The number of ether oxygens (including phenoxy) is 1. The van der Waals surface area contributed by atoms with Crippen molar-refractivity contribution in [1.29, 1.82) is 0 Å². The summed E-state index contributed by atoms with van der Waals surface area (Å²) in [6.07, 6.45) is 0.947. The van der Waals surface area contributed by atoms with Crippen LogP contribution in [0.15, 0.2) is 4.52 Å². The largest absolute Gasteiger partial charge is 0.378 e. The molecule has 1 unspecified atom stereocenters. The van der Waals surface area contributed by atoms with Crippen molar-refractivity contribution in [2.45, 2.75) is 25.5 Å². The van der Waals surface area contributed by atoms with Crippen LogP contribution in [-0.2, 0) is 17.8 Å². The molecule has 1 atom stereocenters. The van der Waals surface area contributed by atoms with Gasteiger partial charge in [0.25, 0.3) is 0 Å². The van der Waals surface area contributed by atoms with Gasteiger partial charge >= 0.3 is 0 Å². The fraction of sp³-hybridized carbons (Fsp3) is 0.556. The first-order chi connectivity index (χ1) is 6.72. The quantitative estimate of drug-likeness (QED) is 0.734. The minimum Gasteiger partial charge on any atom is -0.378 e. The first-order valence-electron chi connectivity index (χ1n) is 4.47. The van der Waals surface area contributed by atoms with Gasteiger partial charge in [0, 0.05) is 26.0 Å².